The number of likely N-dealkylation sites (tertiary alicyclic amines) is 1. The minimum atomic E-state index is -0.0944. The second-order valence-electron chi connectivity index (χ2n) is 7.10. The lowest BCUT2D eigenvalue weighted by atomic mass is 9.89. The summed E-state index contributed by atoms with van der Waals surface area (Å²) in [5.74, 6) is 1.53. The molecule has 1 aromatic rings. The SMILES string of the molecule is CCOC(=O)[C@@H]1CCCN(C(=NC)NCC(c2cccnc2)C(C)C)C1.I. The van der Waals surface area contributed by atoms with E-state index in [2.05, 4.69) is 40.1 Å². The van der Waals surface area contributed by atoms with Crippen molar-refractivity contribution >= 4 is 35.9 Å². The molecule has 0 spiro atoms. The van der Waals surface area contributed by atoms with E-state index in [4.69, 9.17) is 4.74 Å². The monoisotopic (exact) mass is 488 g/mol. The van der Waals surface area contributed by atoms with Crippen LogP contribution < -0.4 is 5.32 Å². The molecular formula is C20H33IN4O2. The maximum atomic E-state index is 12.1. The Labute approximate surface area is 180 Å². The lowest BCUT2D eigenvalue weighted by molar-refractivity contribution is -0.149. The number of carbonyl (C=O) groups excluding carboxylic acids is 1. The first-order chi connectivity index (χ1) is 12.6. The van der Waals surface area contributed by atoms with Crippen LogP contribution in [0.15, 0.2) is 29.5 Å². The summed E-state index contributed by atoms with van der Waals surface area (Å²) in [5.41, 5.74) is 1.23. The Kier molecular flexibility index (Phi) is 10.6. The number of hydrogen-bond acceptors (Lipinski definition) is 4. The van der Waals surface area contributed by atoms with Gasteiger partial charge in [0.2, 0.25) is 0 Å². The number of nitrogens with zero attached hydrogens (tertiary/aromatic N) is 3. The van der Waals surface area contributed by atoms with Gasteiger partial charge in [-0.3, -0.25) is 14.8 Å². The number of guanidine groups is 1. The van der Waals surface area contributed by atoms with Crippen LogP contribution in [0.4, 0.5) is 0 Å². The van der Waals surface area contributed by atoms with Crippen molar-refractivity contribution in [3.05, 3.63) is 30.1 Å². The standard InChI is InChI=1S/C20H32N4O2.HI/c1-5-26-19(25)17-9-7-11-24(14-17)20(21-4)23-13-18(15(2)3)16-8-6-10-22-12-16;/h6,8,10,12,15,17-18H,5,7,9,11,13-14H2,1-4H3,(H,21,23);1H/t17-,18?;/m1./s1. The summed E-state index contributed by atoms with van der Waals surface area (Å²) in [6.07, 6.45) is 5.60. The van der Waals surface area contributed by atoms with Gasteiger partial charge in [0.05, 0.1) is 12.5 Å². The molecule has 0 aromatic carbocycles. The summed E-state index contributed by atoms with van der Waals surface area (Å²) in [5, 5.41) is 3.51. The van der Waals surface area contributed by atoms with Gasteiger partial charge in [0.15, 0.2) is 5.96 Å². The molecule has 27 heavy (non-hydrogen) atoms. The Bertz CT molecular complexity index is 595. The third-order valence-electron chi connectivity index (χ3n) is 4.95. The van der Waals surface area contributed by atoms with Crippen LogP contribution in [0, 0.1) is 11.8 Å². The minimum Gasteiger partial charge on any atom is -0.466 e. The largest absolute Gasteiger partial charge is 0.466 e. The van der Waals surface area contributed by atoms with Gasteiger partial charge in [-0.05, 0) is 37.3 Å². The molecule has 0 saturated carbocycles. The fourth-order valence-corrected chi connectivity index (χ4v) is 3.49. The van der Waals surface area contributed by atoms with Gasteiger partial charge in [-0.15, -0.1) is 24.0 Å². The number of carbonyl (C=O) groups is 1. The molecule has 7 heteroatoms. The van der Waals surface area contributed by atoms with Crippen LogP contribution in [0.1, 0.15) is 45.1 Å². The Morgan fingerprint density at radius 2 is 2.26 bits per heavy atom. The Morgan fingerprint density at radius 1 is 1.48 bits per heavy atom. The molecule has 1 aliphatic heterocycles. The van der Waals surface area contributed by atoms with Crippen molar-refractivity contribution < 1.29 is 9.53 Å². The third-order valence-corrected chi connectivity index (χ3v) is 4.95. The molecule has 2 heterocycles. The summed E-state index contributed by atoms with van der Waals surface area (Å²) >= 11 is 0. The van der Waals surface area contributed by atoms with Gasteiger partial charge in [-0.25, -0.2) is 0 Å². The Balaban J connectivity index is 0.00000364. The fourth-order valence-electron chi connectivity index (χ4n) is 3.49. The van der Waals surface area contributed by atoms with Crippen LogP contribution in [-0.4, -0.2) is 55.1 Å². The number of pyridine rings is 1. The summed E-state index contributed by atoms with van der Waals surface area (Å²) in [7, 11) is 1.80. The number of halogens is 1. The first-order valence-electron chi connectivity index (χ1n) is 9.59. The second kappa shape index (κ2) is 12.2. The Morgan fingerprint density at radius 3 is 2.85 bits per heavy atom. The first kappa shape index (κ1) is 23.7. The molecule has 2 atom stereocenters. The molecule has 0 amide bonds. The van der Waals surface area contributed by atoms with E-state index in [-0.39, 0.29) is 35.9 Å². The predicted molar refractivity (Wildman–Crippen MR) is 120 cm³/mol. The highest BCUT2D eigenvalue weighted by Gasteiger charge is 2.28. The molecule has 6 nitrogen and oxygen atoms in total. The van der Waals surface area contributed by atoms with E-state index in [1.165, 1.54) is 5.56 Å². The summed E-state index contributed by atoms with van der Waals surface area (Å²) in [6.45, 7) is 9.09. The molecule has 0 radical (unpaired) electrons. The van der Waals surface area contributed by atoms with Crippen LogP contribution in [-0.2, 0) is 9.53 Å². The number of nitrogens with one attached hydrogen (secondary N) is 1. The minimum absolute atomic E-state index is 0. The fraction of sp³-hybridized carbons (Fsp3) is 0.650. The number of rotatable bonds is 6. The highest BCUT2D eigenvalue weighted by Crippen LogP contribution is 2.23. The van der Waals surface area contributed by atoms with Crippen LogP contribution in [0.3, 0.4) is 0 Å². The van der Waals surface area contributed by atoms with Crippen LogP contribution >= 0.6 is 24.0 Å². The van der Waals surface area contributed by atoms with Gasteiger partial charge in [0.25, 0.3) is 0 Å². The van der Waals surface area contributed by atoms with Crippen molar-refractivity contribution in [1.29, 1.82) is 0 Å². The van der Waals surface area contributed by atoms with E-state index in [0.29, 0.717) is 25.0 Å². The first-order valence-corrected chi connectivity index (χ1v) is 9.59. The molecule has 1 saturated heterocycles. The third kappa shape index (κ3) is 6.93. The molecule has 1 aromatic heterocycles. The van der Waals surface area contributed by atoms with E-state index in [9.17, 15) is 4.79 Å². The second-order valence-corrected chi connectivity index (χ2v) is 7.10. The predicted octanol–water partition coefficient (Wildman–Crippen LogP) is 3.29. The number of esters is 1. The number of hydrogen-bond donors (Lipinski definition) is 1. The molecule has 0 bridgehead atoms. The maximum Gasteiger partial charge on any atom is 0.310 e. The molecule has 152 valence electrons. The molecule has 1 aliphatic rings. The van der Waals surface area contributed by atoms with Gasteiger partial charge in [-0.2, -0.15) is 0 Å². The zero-order valence-corrected chi connectivity index (χ0v) is 19.2. The number of ether oxygens (including phenoxy) is 1. The van der Waals surface area contributed by atoms with Crippen molar-refractivity contribution in [3.63, 3.8) is 0 Å². The lowest BCUT2D eigenvalue weighted by Gasteiger charge is -2.34. The van der Waals surface area contributed by atoms with E-state index < -0.39 is 0 Å². The van der Waals surface area contributed by atoms with Crippen molar-refractivity contribution in [2.24, 2.45) is 16.8 Å². The zero-order valence-electron chi connectivity index (χ0n) is 16.9. The van der Waals surface area contributed by atoms with Gasteiger partial charge in [-0.1, -0.05) is 19.9 Å². The highest BCUT2D eigenvalue weighted by atomic mass is 127. The molecule has 0 aliphatic carbocycles. The average molecular weight is 488 g/mol. The topological polar surface area (TPSA) is 66.8 Å². The lowest BCUT2D eigenvalue weighted by Crippen LogP contribution is -2.49. The van der Waals surface area contributed by atoms with E-state index in [1.807, 2.05) is 19.2 Å². The van der Waals surface area contributed by atoms with Crippen molar-refractivity contribution in [3.8, 4) is 0 Å². The van der Waals surface area contributed by atoms with E-state index >= 15 is 0 Å². The van der Waals surface area contributed by atoms with Crippen LogP contribution in [0.5, 0.6) is 0 Å². The molecule has 2 rings (SSSR count). The van der Waals surface area contributed by atoms with Gasteiger partial charge in [0, 0.05) is 45.0 Å². The maximum absolute atomic E-state index is 12.1. The van der Waals surface area contributed by atoms with Crippen LogP contribution in [0.2, 0.25) is 0 Å². The van der Waals surface area contributed by atoms with Gasteiger partial charge in [0.1, 0.15) is 0 Å². The van der Waals surface area contributed by atoms with Gasteiger partial charge >= 0.3 is 5.97 Å². The van der Waals surface area contributed by atoms with E-state index in [0.717, 1.165) is 31.9 Å². The number of piperidine rings is 1. The van der Waals surface area contributed by atoms with Crippen LogP contribution in [0.25, 0.3) is 0 Å². The number of aromatic nitrogens is 1. The van der Waals surface area contributed by atoms with Crippen molar-refractivity contribution in [2.75, 3.05) is 33.3 Å². The summed E-state index contributed by atoms with van der Waals surface area (Å²) in [6, 6.07) is 4.11. The molecule has 1 fully saturated rings. The van der Waals surface area contributed by atoms with Gasteiger partial charge < -0.3 is 15.0 Å². The summed E-state index contributed by atoms with van der Waals surface area (Å²) < 4.78 is 5.20. The normalized spacial score (nSPS) is 18.6. The number of aliphatic imine (C=N–C) groups is 1. The quantitative estimate of drug-likeness (QED) is 0.288. The molecule has 1 unspecified atom stereocenters. The highest BCUT2D eigenvalue weighted by molar-refractivity contribution is 14.0. The summed E-state index contributed by atoms with van der Waals surface area (Å²) in [4.78, 5) is 22.9. The molecular weight excluding hydrogens is 455 g/mol. The Hall–Kier alpha value is -1.38. The smallest absolute Gasteiger partial charge is 0.310 e. The van der Waals surface area contributed by atoms with Crippen molar-refractivity contribution in [1.82, 2.24) is 15.2 Å². The zero-order chi connectivity index (χ0) is 18.9. The van der Waals surface area contributed by atoms with Crippen molar-refractivity contribution in [2.45, 2.75) is 39.5 Å². The van der Waals surface area contributed by atoms with E-state index in [1.54, 1.807) is 13.2 Å². The molecule has 1 N–H and O–H groups in total. The average Bonchev–Trinajstić information content (AvgIpc) is 2.66.